The molecule has 348 valence electrons. The number of allylic oxidation sites excluding steroid dienone is 4. The fourth-order valence-electron chi connectivity index (χ4n) is 6.87. The maximum absolute atomic E-state index is 12.7. The Balaban J connectivity index is 4.05. The summed E-state index contributed by atoms with van der Waals surface area (Å²) >= 11 is 0. The van der Waals surface area contributed by atoms with Crippen LogP contribution < -0.4 is 0 Å². The predicted molar refractivity (Wildman–Crippen MR) is 247 cm³/mol. The Bertz CT molecular complexity index is 1060. The first-order valence-electron chi connectivity index (χ1n) is 24.6. The number of phosphoric ester groups is 1. The molecule has 10 heteroatoms. The molecule has 0 amide bonds. The Kier molecular flexibility index (Phi) is 40.8. The van der Waals surface area contributed by atoms with Crippen LogP contribution in [0, 0.1) is 0 Å². The van der Waals surface area contributed by atoms with E-state index in [-0.39, 0.29) is 25.6 Å². The number of ether oxygens (including phenoxy) is 2. The van der Waals surface area contributed by atoms with Crippen molar-refractivity contribution in [3.8, 4) is 0 Å². The van der Waals surface area contributed by atoms with E-state index in [1.54, 1.807) is 0 Å². The Hall–Kier alpha value is -1.51. The summed E-state index contributed by atoms with van der Waals surface area (Å²) in [6, 6.07) is 0. The lowest BCUT2D eigenvalue weighted by Crippen LogP contribution is -2.37. The molecule has 0 bridgehead atoms. The molecule has 0 aliphatic rings. The standard InChI is InChI=1S/C49H94NO8P/c1-6-8-10-12-14-16-17-18-19-20-21-22-23-24-25-26-27-28-29-30-31-32-33-34-36-38-40-42-49(52)58-47(46-57-59(53,54)56-44-43-50(3,4)5)45-55-48(51)41-39-37-35-15-13-11-9-7-2/h17-18,20-21,47H,6-16,19,22-46H2,1-5H3/p+1/b18-17-,21-20-. The number of rotatable bonds is 45. The number of carbonyl (C=O) groups is 2. The molecule has 0 aromatic rings. The third-order valence-corrected chi connectivity index (χ3v) is 11.7. The first-order valence-corrected chi connectivity index (χ1v) is 26.1. The van der Waals surface area contributed by atoms with Crippen LogP contribution in [0.1, 0.15) is 226 Å². The molecule has 59 heavy (non-hydrogen) atoms. The Morgan fingerprint density at radius 1 is 0.525 bits per heavy atom. The van der Waals surface area contributed by atoms with E-state index in [0.717, 1.165) is 38.5 Å². The quantitative estimate of drug-likeness (QED) is 0.0212. The van der Waals surface area contributed by atoms with Gasteiger partial charge in [0.05, 0.1) is 27.7 Å². The van der Waals surface area contributed by atoms with Gasteiger partial charge in [-0.2, -0.15) is 0 Å². The zero-order valence-electron chi connectivity index (χ0n) is 39.2. The molecule has 0 rings (SSSR count). The highest BCUT2D eigenvalue weighted by atomic mass is 31.2. The summed E-state index contributed by atoms with van der Waals surface area (Å²) in [6.07, 6.45) is 46.8. The summed E-state index contributed by atoms with van der Waals surface area (Å²) in [5.74, 6) is -0.795. The van der Waals surface area contributed by atoms with Crippen molar-refractivity contribution in [1.29, 1.82) is 0 Å². The van der Waals surface area contributed by atoms with Gasteiger partial charge in [-0.05, 0) is 44.9 Å². The van der Waals surface area contributed by atoms with Gasteiger partial charge in [0.1, 0.15) is 19.8 Å². The van der Waals surface area contributed by atoms with Crippen LogP contribution in [0.3, 0.4) is 0 Å². The second-order valence-corrected chi connectivity index (χ2v) is 19.3. The SMILES string of the molecule is CCCCCCC/C=C\C/C=C\CCCCCCCCCCCCCCCCCC(=O)OC(COC(=O)CCCCCCCCCC)COP(=O)(O)OCC[N+](C)(C)C. The van der Waals surface area contributed by atoms with E-state index in [2.05, 4.69) is 38.2 Å². The average molecular weight is 857 g/mol. The number of likely N-dealkylation sites (N-methyl/N-ethyl adjacent to an activating group) is 1. The lowest BCUT2D eigenvalue weighted by molar-refractivity contribution is -0.870. The van der Waals surface area contributed by atoms with E-state index in [9.17, 15) is 19.0 Å². The molecule has 2 unspecified atom stereocenters. The normalized spacial score (nSPS) is 13.7. The molecule has 2 atom stereocenters. The van der Waals surface area contributed by atoms with Crippen molar-refractivity contribution in [3.63, 3.8) is 0 Å². The van der Waals surface area contributed by atoms with Crippen LogP contribution in [0.15, 0.2) is 24.3 Å². The third kappa shape index (κ3) is 45.8. The van der Waals surface area contributed by atoms with Crippen molar-refractivity contribution in [3.05, 3.63) is 24.3 Å². The monoisotopic (exact) mass is 857 g/mol. The first-order chi connectivity index (χ1) is 28.5. The fourth-order valence-corrected chi connectivity index (χ4v) is 7.61. The predicted octanol–water partition coefficient (Wildman–Crippen LogP) is 14.3. The van der Waals surface area contributed by atoms with Crippen molar-refractivity contribution >= 4 is 19.8 Å². The molecule has 0 aromatic heterocycles. The Labute approximate surface area is 364 Å². The van der Waals surface area contributed by atoms with Gasteiger partial charge >= 0.3 is 19.8 Å². The van der Waals surface area contributed by atoms with Crippen LogP contribution in [0.5, 0.6) is 0 Å². The highest BCUT2D eigenvalue weighted by Gasteiger charge is 2.27. The van der Waals surface area contributed by atoms with E-state index in [1.807, 2.05) is 21.1 Å². The Morgan fingerprint density at radius 3 is 1.34 bits per heavy atom. The molecule has 0 spiro atoms. The first kappa shape index (κ1) is 57.5. The minimum Gasteiger partial charge on any atom is -0.462 e. The van der Waals surface area contributed by atoms with Crippen LogP contribution >= 0.6 is 7.82 Å². The zero-order valence-corrected chi connectivity index (χ0v) is 40.1. The van der Waals surface area contributed by atoms with E-state index in [4.69, 9.17) is 18.5 Å². The lowest BCUT2D eigenvalue weighted by Gasteiger charge is -2.24. The van der Waals surface area contributed by atoms with E-state index in [0.29, 0.717) is 23.9 Å². The van der Waals surface area contributed by atoms with E-state index >= 15 is 0 Å². The highest BCUT2D eigenvalue weighted by molar-refractivity contribution is 7.47. The lowest BCUT2D eigenvalue weighted by atomic mass is 10.0. The van der Waals surface area contributed by atoms with Crippen LogP contribution in [0.2, 0.25) is 0 Å². The molecule has 0 aliphatic heterocycles. The zero-order chi connectivity index (χ0) is 43.6. The molecule has 0 aromatic carbocycles. The number of quaternary nitrogens is 1. The number of hydrogen-bond donors (Lipinski definition) is 1. The summed E-state index contributed by atoms with van der Waals surface area (Å²) in [6.45, 7) is 4.40. The number of unbranched alkanes of at least 4 members (excludes halogenated alkanes) is 27. The minimum absolute atomic E-state index is 0.0341. The number of nitrogens with zero attached hydrogens (tertiary/aromatic N) is 1. The fraction of sp³-hybridized carbons (Fsp3) is 0.878. The maximum Gasteiger partial charge on any atom is 0.472 e. The number of phosphoric acid groups is 1. The summed E-state index contributed by atoms with van der Waals surface area (Å²) in [5.41, 5.74) is 0. The summed E-state index contributed by atoms with van der Waals surface area (Å²) in [4.78, 5) is 35.3. The molecule has 9 nitrogen and oxygen atoms in total. The topological polar surface area (TPSA) is 108 Å². The van der Waals surface area contributed by atoms with Crippen molar-refractivity contribution in [2.45, 2.75) is 232 Å². The molecule has 0 saturated carbocycles. The van der Waals surface area contributed by atoms with Crippen molar-refractivity contribution in [1.82, 2.24) is 0 Å². The van der Waals surface area contributed by atoms with Crippen LogP contribution in [0.25, 0.3) is 0 Å². The van der Waals surface area contributed by atoms with Gasteiger partial charge in [-0.15, -0.1) is 0 Å². The molecule has 1 N–H and O–H groups in total. The van der Waals surface area contributed by atoms with Crippen molar-refractivity contribution < 1.29 is 42.1 Å². The van der Waals surface area contributed by atoms with Gasteiger partial charge in [0.15, 0.2) is 6.10 Å². The number of hydrogen-bond acceptors (Lipinski definition) is 7. The van der Waals surface area contributed by atoms with E-state index < -0.39 is 26.5 Å². The van der Waals surface area contributed by atoms with Gasteiger partial charge in [0.2, 0.25) is 0 Å². The summed E-state index contributed by atoms with van der Waals surface area (Å²) in [5, 5.41) is 0. The second-order valence-electron chi connectivity index (χ2n) is 17.9. The average Bonchev–Trinajstić information content (AvgIpc) is 3.19. The van der Waals surface area contributed by atoms with Gasteiger partial charge in [-0.3, -0.25) is 18.6 Å². The number of esters is 2. The molecule has 0 heterocycles. The van der Waals surface area contributed by atoms with Crippen LogP contribution in [0.4, 0.5) is 0 Å². The molecule has 0 aliphatic carbocycles. The second kappa shape index (κ2) is 41.8. The van der Waals surface area contributed by atoms with Gasteiger partial charge < -0.3 is 18.9 Å². The largest absolute Gasteiger partial charge is 0.472 e. The smallest absolute Gasteiger partial charge is 0.462 e. The third-order valence-electron chi connectivity index (χ3n) is 10.7. The molecule has 0 saturated heterocycles. The van der Waals surface area contributed by atoms with E-state index in [1.165, 1.54) is 154 Å². The minimum atomic E-state index is -4.37. The van der Waals surface area contributed by atoms with Crippen molar-refractivity contribution in [2.24, 2.45) is 0 Å². The molecule has 0 radical (unpaired) electrons. The highest BCUT2D eigenvalue weighted by Crippen LogP contribution is 2.43. The Morgan fingerprint density at radius 2 is 0.915 bits per heavy atom. The number of carbonyl (C=O) groups excluding carboxylic acids is 2. The molecular formula is C49H95NO8P+. The maximum atomic E-state index is 12.7. The van der Waals surface area contributed by atoms with Gasteiger partial charge in [-0.25, -0.2) is 4.57 Å². The van der Waals surface area contributed by atoms with Crippen LogP contribution in [-0.4, -0.2) is 74.9 Å². The van der Waals surface area contributed by atoms with Gasteiger partial charge in [0, 0.05) is 12.8 Å². The van der Waals surface area contributed by atoms with Gasteiger partial charge in [0.25, 0.3) is 0 Å². The summed E-state index contributed by atoms with van der Waals surface area (Å²) in [7, 11) is 1.48. The molecule has 0 fully saturated rings. The van der Waals surface area contributed by atoms with Gasteiger partial charge in [-0.1, -0.05) is 192 Å². The summed E-state index contributed by atoms with van der Waals surface area (Å²) < 4.78 is 34.3. The van der Waals surface area contributed by atoms with Crippen molar-refractivity contribution in [2.75, 3.05) is 47.5 Å². The molecular weight excluding hydrogens is 762 g/mol. The van der Waals surface area contributed by atoms with Crippen LogP contribution in [-0.2, 0) is 32.7 Å².